The van der Waals surface area contributed by atoms with Crippen LogP contribution in [-0.2, 0) is 6.54 Å². The molecule has 0 aliphatic heterocycles. The summed E-state index contributed by atoms with van der Waals surface area (Å²) < 4.78 is 2.05. The molecule has 0 aliphatic carbocycles. The molecule has 3 aromatic rings. The summed E-state index contributed by atoms with van der Waals surface area (Å²) in [5, 5.41) is 0.796. The van der Waals surface area contributed by atoms with Crippen molar-refractivity contribution in [2.75, 3.05) is 0 Å². The minimum Gasteiger partial charge on any atom is -0.316 e. The molecule has 0 bridgehead atoms. The average molecular weight is 391 g/mol. The number of aryl methyl sites for hydroxylation is 1. The van der Waals surface area contributed by atoms with E-state index in [1.54, 1.807) is 18.2 Å². The predicted octanol–water partition coefficient (Wildman–Crippen LogP) is 5.59. The van der Waals surface area contributed by atoms with Crippen molar-refractivity contribution in [3.63, 3.8) is 0 Å². The first-order valence-electron chi connectivity index (χ1n) is 7.81. The molecule has 0 N–H and O–H groups in total. The zero-order valence-corrected chi connectivity index (χ0v) is 16.1. The van der Waals surface area contributed by atoms with E-state index < -0.39 is 0 Å². The molecule has 1 amide bonds. The summed E-state index contributed by atoms with van der Waals surface area (Å²) in [6.07, 6.45) is 0. The van der Waals surface area contributed by atoms with Crippen molar-refractivity contribution in [1.29, 1.82) is 0 Å². The first-order chi connectivity index (χ1) is 12.0. The van der Waals surface area contributed by atoms with Crippen molar-refractivity contribution in [2.24, 2.45) is 4.99 Å². The summed E-state index contributed by atoms with van der Waals surface area (Å²) in [5.41, 5.74) is 2.54. The van der Waals surface area contributed by atoms with E-state index in [1.165, 1.54) is 11.3 Å². The molecule has 0 spiro atoms. The van der Waals surface area contributed by atoms with Crippen LogP contribution in [0.1, 0.15) is 22.2 Å². The molecule has 128 valence electrons. The molecule has 0 saturated heterocycles. The molecule has 6 heteroatoms. The van der Waals surface area contributed by atoms with Gasteiger partial charge in [0.2, 0.25) is 0 Å². The Morgan fingerprint density at radius 2 is 1.88 bits per heavy atom. The average Bonchev–Trinajstić information content (AvgIpc) is 2.90. The van der Waals surface area contributed by atoms with E-state index in [0.717, 1.165) is 22.7 Å². The van der Waals surface area contributed by atoms with E-state index in [0.29, 0.717) is 20.4 Å². The van der Waals surface area contributed by atoms with Gasteiger partial charge in [-0.15, -0.1) is 11.3 Å². The third-order valence-electron chi connectivity index (χ3n) is 3.80. The second-order valence-corrected chi connectivity index (χ2v) is 7.47. The maximum absolute atomic E-state index is 12.6. The summed E-state index contributed by atoms with van der Waals surface area (Å²) in [4.78, 5) is 18.7. The topological polar surface area (TPSA) is 34.4 Å². The fourth-order valence-corrected chi connectivity index (χ4v) is 4.21. The Morgan fingerprint density at radius 1 is 1.16 bits per heavy atom. The minimum absolute atomic E-state index is 0.306. The lowest BCUT2D eigenvalue weighted by molar-refractivity contribution is 0.0998. The molecule has 0 aliphatic rings. The van der Waals surface area contributed by atoms with Gasteiger partial charge in [-0.2, -0.15) is 4.99 Å². The van der Waals surface area contributed by atoms with Crippen LogP contribution in [0, 0.1) is 6.92 Å². The summed E-state index contributed by atoms with van der Waals surface area (Å²) in [5.74, 6) is -0.371. The number of hydrogen-bond donors (Lipinski definition) is 0. The third-order valence-corrected chi connectivity index (χ3v) is 5.34. The highest BCUT2D eigenvalue weighted by Gasteiger charge is 2.14. The number of benzene rings is 2. The van der Waals surface area contributed by atoms with Crippen LogP contribution in [0.25, 0.3) is 11.3 Å². The van der Waals surface area contributed by atoms with Crippen LogP contribution in [0.3, 0.4) is 0 Å². The van der Waals surface area contributed by atoms with Gasteiger partial charge in [0.25, 0.3) is 5.91 Å². The molecule has 3 nitrogen and oxygen atoms in total. The molecule has 0 radical (unpaired) electrons. The van der Waals surface area contributed by atoms with Crippen molar-refractivity contribution in [3.05, 3.63) is 73.8 Å². The standard InChI is InChI=1S/C19H16Cl2N2OS/c1-3-23-17(13-7-5-4-6-8-13)12(2)25-19(23)22-18(24)15-10-9-14(20)11-16(15)21/h4-11H,3H2,1-2H3. The lowest BCUT2D eigenvalue weighted by atomic mass is 10.1. The number of nitrogens with zero attached hydrogens (tertiary/aromatic N) is 2. The molecule has 1 aromatic heterocycles. The number of rotatable bonds is 3. The van der Waals surface area contributed by atoms with E-state index in [4.69, 9.17) is 23.2 Å². The van der Waals surface area contributed by atoms with E-state index >= 15 is 0 Å². The number of carbonyl (C=O) groups is 1. The summed E-state index contributed by atoms with van der Waals surface area (Å²) >= 11 is 13.5. The van der Waals surface area contributed by atoms with Crippen molar-refractivity contribution >= 4 is 40.4 Å². The maximum atomic E-state index is 12.6. The SMILES string of the molecule is CCn1c(-c2ccccc2)c(C)sc1=NC(=O)c1ccc(Cl)cc1Cl. The number of halogens is 2. The quantitative estimate of drug-likeness (QED) is 0.573. The highest BCUT2D eigenvalue weighted by molar-refractivity contribution is 7.09. The third kappa shape index (κ3) is 3.71. The minimum atomic E-state index is -0.371. The monoisotopic (exact) mass is 390 g/mol. The van der Waals surface area contributed by atoms with Gasteiger partial charge in [-0.3, -0.25) is 4.79 Å². The summed E-state index contributed by atoms with van der Waals surface area (Å²) in [6, 6.07) is 14.9. The van der Waals surface area contributed by atoms with E-state index in [2.05, 4.69) is 21.7 Å². The largest absolute Gasteiger partial charge is 0.316 e. The molecule has 3 rings (SSSR count). The molecule has 0 atom stereocenters. The van der Waals surface area contributed by atoms with Gasteiger partial charge in [0.05, 0.1) is 16.3 Å². The second-order valence-electron chi connectivity index (χ2n) is 5.44. The normalized spacial score (nSPS) is 11.8. The molecule has 1 heterocycles. The van der Waals surface area contributed by atoms with Crippen molar-refractivity contribution in [3.8, 4) is 11.3 Å². The van der Waals surface area contributed by atoms with Crippen LogP contribution in [0.4, 0.5) is 0 Å². The van der Waals surface area contributed by atoms with E-state index in [1.807, 2.05) is 32.0 Å². The number of hydrogen-bond acceptors (Lipinski definition) is 2. The Bertz CT molecular complexity index is 990. The van der Waals surface area contributed by atoms with Gasteiger partial charge >= 0.3 is 0 Å². The van der Waals surface area contributed by atoms with Crippen LogP contribution >= 0.6 is 34.5 Å². The van der Waals surface area contributed by atoms with Gasteiger partial charge in [0.1, 0.15) is 0 Å². The first kappa shape index (κ1) is 17.9. The Labute approximate surface area is 160 Å². The predicted molar refractivity (Wildman–Crippen MR) is 105 cm³/mol. The van der Waals surface area contributed by atoms with Crippen LogP contribution in [-0.4, -0.2) is 10.5 Å². The zero-order valence-electron chi connectivity index (χ0n) is 13.8. The maximum Gasteiger partial charge on any atom is 0.281 e. The van der Waals surface area contributed by atoms with Crippen LogP contribution in [0.2, 0.25) is 10.0 Å². The summed E-state index contributed by atoms with van der Waals surface area (Å²) in [6.45, 7) is 4.80. The van der Waals surface area contributed by atoms with Crippen molar-refractivity contribution in [2.45, 2.75) is 20.4 Å². The Balaban J connectivity index is 2.11. The lowest BCUT2D eigenvalue weighted by Gasteiger charge is -2.07. The molecule has 0 saturated carbocycles. The highest BCUT2D eigenvalue weighted by Crippen LogP contribution is 2.25. The molecular weight excluding hydrogens is 375 g/mol. The van der Waals surface area contributed by atoms with Crippen LogP contribution in [0.15, 0.2) is 53.5 Å². The smallest absolute Gasteiger partial charge is 0.281 e. The lowest BCUT2D eigenvalue weighted by Crippen LogP contribution is -2.17. The Morgan fingerprint density at radius 3 is 2.52 bits per heavy atom. The zero-order chi connectivity index (χ0) is 18.0. The fourth-order valence-electron chi connectivity index (χ4n) is 2.67. The first-order valence-corrected chi connectivity index (χ1v) is 9.38. The van der Waals surface area contributed by atoms with Gasteiger partial charge in [-0.25, -0.2) is 0 Å². The van der Waals surface area contributed by atoms with Crippen molar-refractivity contribution < 1.29 is 4.79 Å². The van der Waals surface area contributed by atoms with E-state index in [9.17, 15) is 4.79 Å². The number of thiazole rings is 1. The molecule has 0 fully saturated rings. The number of aromatic nitrogens is 1. The molecule has 25 heavy (non-hydrogen) atoms. The second kappa shape index (κ2) is 7.56. The van der Waals surface area contributed by atoms with Gasteiger partial charge in [-0.1, -0.05) is 53.5 Å². The van der Waals surface area contributed by atoms with Gasteiger partial charge in [0, 0.05) is 16.4 Å². The highest BCUT2D eigenvalue weighted by atomic mass is 35.5. The van der Waals surface area contributed by atoms with Crippen LogP contribution < -0.4 is 4.80 Å². The fraction of sp³-hybridized carbons (Fsp3) is 0.158. The molecule has 2 aromatic carbocycles. The van der Waals surface area contributed by atoms with E-state index in [-0.39, 0.29) is 5.91 Å². The van der Waals surface area contributed by atoms with Gasteiger partial charge < -0.3 is 4.57 Å². The Hall–Kier alpha value is -1.88. The van der Waals surface area contributed by atoms with Crippen LogP contribution in [0.5, 0.6) is 0 Å². The number of amides is 1. The van der Waals surface area contributed by atoms with Crippen molar-refractivity contribution in [1.82, 2.24) is 4.57 Å². The molecule has 0 unspecified atom stereocenters. The number of carbonyl (C=O) groups excluding carboxylic acids is 1. The Kier molecular flexibility index (Phi) is 5.42. The van der Waals surface area contributed by atoms with Gasteiger partial charge in [0.15, 0.2) is 4.80 Å². The van der Waals surface area contributed by atoms with Gasteiger partial charge in [-0.05, 0) is 37.6 Å². The molecular formula is C19H16Cl2N2OS. The summed E-state index contributed by atoms with van der Waals surface area (Å²) in [7, 11) is 0.